The smallest absolute Gasteiger partial charge is 0.309 e. The summed E-state index contributed by atoms with van der Waals surface area (Å²) in [6.45, 7) is -0.0902. The van der Waals surface area contributed by atoms with E-state index in [4.69, 9.17) is 4.74 Å². The van der Waals surface area contributed by atoms with Crippen molar-refractivity contribution < 1.29 is 24.5 Å². The van der Waals surface area contributed by atoms with Crippen LogP contribution in [0.2, 0.25) is 0 Å². The highest BCUT2D eigenvalue weighted by Gasteiger charge is 2.41. The SMILES string of the molecule is COC(=O)CC1=CO[C@@H](O)[C@@H]2C(CO)=CC[C@@H]12. The van der Waals surface area contributed by atoms with Crippen LogP contribution < -0.4 is 0 Å². The minimum absolute atomic E-state index is 0.0278. The summed E-state index contributed by atoms with van der Waals surface area (Å²) in [6.07, 6.45) is 3.28. The fourth-order valence-electron chi connectivity index (χ4n) is 2.49. The fourth-order valence-corrected chi connectivity index (χ4v) is 2.49. The third-order valence-electron chi connectivity index (χ3n) is 3.40. The molecule has 94 valence electrons. The number of carbonyl (C=O) groups is 1. The van der Waals surface area contributed by atoms with Crippen molar-refractivity contribution in [1.82, 2.24) is 0 Å². The Balaban J connectivity index is 2.14. The van der Waals surface area contributed by atoms with Crippen molar-refractivity contribution in [1.29, 1.82) is 0 Å². The van der Waals surface area contributed by atoms with Crippen molar-refractivity contribution in [2.24, 2.45) is 11.8 Å². The summed E-state index contributed by atoms with van der Waals surface area (Å²) in [6, 6.07) is 0. The molecule has 2 rings (SSSR count). The third kappa shape index (κ3) is 2.21. The predicted molar refractivity (Wildman–Crippen MR) is 58.6 cm³/mol. The summed E-state index contributed by atoms with van der Waals surface area (Å²) in [4.78, 5) is 11.3. The predicted octanol–water partition coefficient (Wildman–Crippen LogP) is 0.337. The molecule has 3 atom stereocenters. The molecular formula is C12H16O5. The highest BCUT2D eigenvalue weighted by Crippen LogP contribution is 2.43. The summed E-state index contributed by atoms with van der Waals surface area (Å²) in [7, 11) is 1.34. The van der Waals surface area contributed by atoms with Gasteiger partial charge in [0.25, 0.3) is 0 Å². The molecule has 1 heterocycles. The maximum Gasteiger partial charge on any atom is 0.309 e. The molecule has 0 unspecified atom stereocenters. The first-order valence-corrected chi connectivity index (χ1v) is 5.56. The van der Waals surface area contributed by atoms with Crippen LogP contribution in [0.15, 0.2) is 23.5 Å². The maximum atomic E-state index is 11.3. The molecule has 0 spiro atoms. The molecule has 0 aromatic carbocycles. The lowest BCUT2D eigenvalue weighted by Gasteiger charge is -2.32. The van der Waals surface area contributed by atoms with Crippen LogP contribution in [0.25, 0.3) is 0 Å². The van der Waals surface area contributed by atoms with Gasteiger partial charge in [0.2, 0.25) is 6.29 Å². The number of ether oxygens (including phenoxy) is 2. The molecule has 0 radical (unpaired) electrons. The summed E-state index contributed by atoms with van der Waals surface area (Å²) in [5, 5.41) is 18.9. The highest BCUT2D eigenvalue weighted by molar-refractivity contribution is 5.72. The minimum atomic E-state index is -0.942. The molecule has 0 amide bonds. The summed E-state index contributed by atoms with van der Waals surface area (Å²) in [5.41, 5.74) is 1.59. The molecule has 5 nitrogen and oxygen atoms in total. The Labute approximate surface area is 99.3 Å². The van der Waals surface area contributed by atoms with Gasteiger partial charge >= 0.3 is 5.97 Å². The van der Waals surface area contributed by atoms with Crippen molar-refractivity contribution in [3.8, 4) is 0 Å². The Morgan fingerprint density at radius 3 is 3.00 bits per heavy atom. The van der Waals surface area contributed by atoms with Crippen LogP contribution >= 0.6 is 0 Å². The van der Waals surface area contributed by atoms with E-state index in [1.807, 2.05) is 6.08 Å². The van der Waals surface area contributed by atoms with Gasteiger partial charge in [-0.2, -0.15) is 0 Å². The zero-order valence-corrected chi connectivity index (χ0v) is 9.63. The zero-order valence-electron chi connectivity index (χ0n) is 9.63. The molecule has 0 bridgehead atoms. The van der Waals surface area contributed by atoms with Gasteiger partial charge in [0.05, 0.1) is 32.3 Å². The van der Waals surface area contributed by atoms with Gasteiger partial charge in [-0.3, -0.25) is 4.79 Å². The van der Waals surface area contributed by atoms with Gasteiger partial charge in [-0.05, 0) is 23.5 Å². The molecule has 0 saturated heterocycles. The Hall–Kier alpha value is -1.33. The van der Waals surface area contributed by atoms with E-state index < -0.39 is 6.29 Å². The molecule has 0 saturated carbocycles. The van der Waals surface area contributed by atoms with Crippen molar-refractivity contribution in [2.75, 3.05) is 13.7 Å². The van der Waals surface area contributed by atoms with E-state index >= 15 is 0 Å². The molecular weight excluding hydrogens is 224 g/mol. The number of fused-ring (bicyclic) bond motifs is 1. The van der Waals surface area contributed by atoms with E-state index in [0.29, 0.717) is 6.42 Å². The number of rotatable bonds is 3. The summed E-state index contributed by atoms with van der Waals surface area (Å²) in [5.74, 6) is -0.544. The Morgan fingerprint density at radius 2 is 2.35 bits per heavy atom. The van der Waals surface area contributed by atoms with Gasteiger partial charge in [-0.1, -0.05) is 6.08 Å². The zero-order chi connectivity index (χ0) is 12.4. The Kier molecular flexibility index (Phi) is 3.49. The number of allylic oxidation sites excluding steroid dienone is 1. The van der Waals surface area contributed by atoms with Crippen LogP contribution in [0.5, 0.6) is 0 Å². The lowest BCUT2D eigenvalue weighted by atomic mass is 9.82. The number of hydrogen-bond acceptors (Lipinski definition) is 5. The van der Waals surface area contributed by atoms with E-state index in [1.165, 1.54) is 13.4 Å². The van der Waals surface area contributed by atoms with E-state index in [1.54, 1.807) is 0 Å². The quantitative estimate of drug-likeness (QED) is 0.549. The van der Waals surface area contributed by atoms with E-state index in [-0.39, 0.29) is 30.8 Å². The number of esters is 1. The minimum Gasteiger partial charge on any atom is -0.472 e. The third-order valence-corrected chi connectivity index (χ3v) is 3.40. The van der Waals surface area contributed by atoms with Crippen molar-refractivity contribution in [3.63, 3.8) is 0 Å². The fraction of sp³-hybridized carbons (Fsp3) is 0.583. The van der Waals surface area contributed by atoms with Crippen LogP contribution in [-0.2, 0) is 14.3 Å². The van der Waals surface area contributed by atoms with Crippen LogP contribution in [-0.4, -0.2) is 36.2 Å². The number of methoxy groups -OCH3 is 1. The lowest BCUT2D eigenvalue weighted by Crippen LogP contribution is -2.33. The normalized spacial score (nSPS) is 31.1. The molecule has 2 N–H and O–H groups in total. The number of aliphatic hydroxyl groups is 2. The van der Waals surface area contributed by atoms with Gasteiger partial charge in [0.15, 0.2) is 0 Å². The Morgan fingerprint density at radius 1 is 1.59 bits per heavy atom. The molecule has 0 aromatic rings. The average molecular weight is 240 g/mol. The summed E-state index contributed by atoms with van der Waals surface area (Å²) >= 11 is 0. The van der Waals surface area contributed by atoms with Crippen LogP contribution in [0.1, 0.15) is 12.8 Å². The van der Waals surface area contributed by atoms with Gasteiger partial charge in [-0.25, -0.2) is 0 Å². The monoisotopic (exact) mass is 240 g/mol. The van der Waals surface area contributed by atoms with E-state index in [9.17, 15) is 15.0 Å². The van der Waals surface area contributed by atoms with Gasteiger partial charge < -0.3 is 19.7 Å². The van der Waals surface area contributed by atoms with E-state index in [0.717, 1.165) is 11.1 Å². The molecule has 17 heavy (non-hydrogen) atoms. The van der Waals surface area contributed by atoms with Crippen molar-refractivity contribution in [3.05, 3.63) is 23.5 Å². The Bertz CT molecular complexity index is 371. The number of hydrogen-bond donors (Lipinski definition) is 2. The standard InChI is InChI=1S/C12H16O5/c1-16-10(14)4-8-6-17-12(15)11-7(5-13)2-3-9(8)11/h2,6,9,11-13,15H,3-5H2,1H3/t9-,11+,12+/m0/s1. The van der Waals surface area contributed by atoms with Gasteiger partial charge in [0.1, 0.15) is 0 Å². The van der Waals surface area contributed by atoms with Crippen LogP contribution in [0.4, 0.5) is 0 Å². The highest BCUT2D eigenvalue weighted by atomic mass is 16.6. The second kappa shape index (κ2) is 4.89. The topological polar surface area (TPSA) is 76.0 Å². The molecule has 5 heteroatoms. The van der Waals surface area contributed by atoms with Crippen molar-refractivity contribution >= 4 is 5.97 Å². The van der Waals surface area contributed by atoms with Crippen LogP contribution in [0.3, 0.4) is 0 Å². The average Bonchev–Trinajstić information content (AvgIpc) is 2.77. The molecule has 0 fully saturated rings. The first-order chi connectivity index (χ1) is 8.17. The number of carbonyl (C=O) groups excluding carboxylic acids is 1. The number of aliphatic hydroxyl groups excluding tert-OH is 2. The maximum absolute atomic E-state index is 11.3. The largest absolute Gasteiger partial charge is 0.472 e. The molecule has 1 aliphatic carbocycles. The lowest BCUT2D eigenvalue weighted by molar-refractivity contribution is -0.141. The second-order valence-electron chi connectivity index (χ2n) is 4.28. The van der Waals surface area contributed by atoms with E-state index in [2.05, 4.69) is 4.74 Å². The first kappa shape index (κ1) is 12.1. The molecule has 0 aromatic heterocycles. The van der Waals surface area contributed by atoms with Crippen LogP contribution in [0, 0.1) is 11.8 Å². The molecule has 1 aliphatic heterocycles. The summed E-state index contributed by atoms with van der Waals surface area (Å²) < 4.78 is 9.73. The van der Waals surface area contributed by atoms with Crippen molar-refractivity contribution in [2.45, 2.75) is 19.1 Å². The molecule has 2 aliphatic rings. The second-order valence-corrected chi connectivity index (χ2v) is 4.28. The van der Waals surface area contributed by atoms with Gasteiger partial charge in [-0.15, -0.1) is 0 Å². The first-order valence-electron chi connectivity index (χ1n) is 5.56. The van der Waals surface area contributed by atoms with Gasteiger partial charge in [0, 0.05) is 0 Å².